The van der Waals surface area contributed by atoms with E-state index in [-0.39, 0.29) is 5.82 Å². The number of aryl methyl sites for hydroxylation is 1. The van der Waals surface area contributed by atoms with Crippen LogP contribution in [-0.4, -0.2) is 0 Å². The second-order valence-corrected chi connectivity index (χ2v) is 8.34. The minimum absolute atomic E-state index is 0.331. The van der Waals surface area contributed by atoms with Gasteiger partial charge in [0.05, 0.1) is 14.0 Å². The van der Waals surface area contributed by atoms with Crippen molar-refractivity contribution in [2.75, 3.05) is 0 Å². The van der Waals surface area contributed by atoms with Crippen LogP contribution in [0, 0.1) is 5.82 Å². The molecule has 0 aliphatic heterocycles. The molecule has 27 heavy (non-hydrogen) atoms. The smallest absolute Gasteiger partial charge is 0.146 e. The Kier molecular flexibility index (Phi) is 8.90. The fraction of sp³-hybridized carbons (Fsp3) is 0.100. The summed E-state index contributed by atoms with van der Waals surface area (Å²) in [6, 6.07) is 15.6. The zero-order chi connectivity index (χ0) is 20.0. The van der Waals surface area contributed by atoms with Crippen LogP contribution in [0.4, 0.5) is 4.39 Å². The third-order valence-electron chi connectivity index (χ3n) is 3.40. The van der Waals surface area contributed by atoms with E-state index in [9.17, 15) is 4.39 Å². The van der Waals surface area contributed by atoms with Crippen molar-refractivity contribution in [1.82, 2.24) is 0 Å². The molecule has 3 aromatic carbocycles. The SMILES string of the molecule is CCc1ccc(Cl)c(Oc2cc(Cl)ccc2Br)c1.Fc1cc(Cl)ccc1Br. The fourth-order valence-corrected chi connectivity index (χ4v) is 3.04. The van der Waals surface area contributed by atoms with Crippen molar-refractivity contribution in [3.8, 4) is 11.5 Å². The Labute approximate surface area is 189 Å². The van der Waals surface area contributed by atoms with E-state index in [1.54, 1.807) is 24.3 Å². The maximum atomic E-state index is 12.4. The molecule has 0 radical (unpaired) electrons. The van der Waals surface area contributed by atoms with Gasteiger partial charge in [0.15, 0.2) is 0 Å². The summed E-state index contributed by atoms with van der Waals surface area (Å²) in [5, 5.41) is 1.62. The van der Waals surface area contributed by atoms with Gasteiger partial charge in [-0.3, -0.25) is 0 Å². The second-order valence-electron chi connectivity index (χ2n) is 5.35. The third kappa shape index (κ3) is 6.95. The number of hydrogen-bond donors (Lipinski definition) is 0. The van der Waals surface area contributed by atoms with Crippen LogP contribution in [0.15, 0.2) is 63.5 Å². The van der Waals surface area contributed by atoms with Gasteiger partial charge in [0, 0.05) is 16.1 Å². The molecule has 0 spiro atoms. The van der Waals surface area contributed by atoms with Crippen LogP contribution in [-0.2, 0) is 6.42 Å². The van der Waals surface area contributed by atoms with Crippen molar-refractivity contribution >= 4 is 66.7 Å². The molecule has 0 fully saturated rings. The largest absolute Gasteiger partial charge is 0.455 e. The van der Waals surface area contributed by atoms with E-state index in [2.05, 4.69) is 38.8 Å². The Balaban J connectivity index is 0.000000244. The van der Waals surface area contributed by atoms with Gasteiger partial charge in [-0.15, -0.1) is 0 Å². The number of rotatable bonds is 3. The van der Waals surface area contributed by atoms with Crippen molar-refractivity contribution in [2.45, 2.75) is 13.3 Å². The second kappa shape index (κ2) is 10.7. The molecule has 0 saturated carbocycles. The summed E-state index contributed by atoms with van der Waals surface area (Å²) < 4.78 is 19.5. The van der Waals surface area contributed by atoms with Crippen LogP contribution >= 0.6 is 66.7 Å². The summed E-state index contributed by atoms with van der Waals surface area (Å²) >= 11 is 23.9. The molecule has 7 heteroatoms. The van der Waals surface area contributed by atoms with Crippen molar-refractivity contribution in [1.29, 1.82) is 0 Å². The average Bonchev–Trinajstić information content (AvgIpc) is 2.64. The first-order valence-electron chi connectivity index (χ1n) is 7.82. The Morgan fingerprint density at radius 3 is 2.04 bits per heavy atom. The van der Waals surface area contributed by atoms with Crippen LogP contribution in [0.1, 0.15) is 12.5 Å². The normalized spacial score (nSPS) is 10.2. The van der Waals surface area contributed by atoms with Crippen LogP contribution < -0.4 is 4.74 Å². The average molecular weight is 555 g/mol. The molecule has 0 heterocycles. The molecular formula is C20H14Br2Cl3FO. The Morgan fingerprint density at radius 2 is 1.44 bits per heavy atom. The van der Waals surface area contributed by atoms with Crippen molar-refractivity contribution < 1.29 is 9.13 Å². The van der Waals surface area contributed by atoms with Crippen LogP contribution in [0.5, 0.6) is 11.5 Å². The predicted molar refractivity (Wildman–Crippen MR) is 119 cm³/mol. The van der Waals surface area contributed by atoms with Crippen molar-refractivity contribution in [3.63, 3.8) is 0 Å². The first-order chi connectivity index (χ1) is 12.8. The molecule has 0 unspecified atom stereocenters. The first kappa shape index (κ1) is 22.5. The van der Waals surface area contributed by atoms with E-state index >= 15 is 0 Å². The van der Waals surface area contributed by atoms with E-state index in [1.165, 1.54) is 11.6 Å². The van der Waals surface area contributed by atoms with E-state index in [1.807, 2.05) is 24.3 Å². The highest BCUT2D eigenvalue weighted by molar-refractivity contribution is 9.10. The summed E-state index contributed by atoms with van der Waals surface area (Å²) in [6.45, 7) is 2.09. The minimum Gasteiger partial charge on any atom is -0.455 e. The monoisotopic (exact) mass is 552 g/mol. The highest BCUT2D eigenvalue weighted by Gasteiger charge is 2.08. The lowest BCUT2D eigenvalue weighted by Crippen LogP contribution is -1.89. The topological polar surface area (TPSA) is 9.23 Å². The molecule has 0 amide bonds. The zero-order valence-electron chi connectivity index (χ0n) is 14.1. The Morgan fingerprint density at radius 1 is 0.815 bits per heavy atom. The van der Waals surface area contributed by atoms with E-state index in [0.29, 0.717) is 31.0 Å². The van der Waals surface area contributed by atoms with Crippen LogP contribution in [0.3, 0.4) is 0 Å². The number of ether oxygens (including phenoxy) is 1. The van der Waals surface area contributed by atoms with Gasteiger partial charge in [-0.1, -0.05) is 47.8 Å². The van der Waals surface area contributed by atoms with Crippen molar-refractivity contribution in [3.05, 3.63) is 90.0 Å². The highest BCUT2D eigenvalue weighted by Crippen LogP contribution is 2.35. The summed E-state index contributed by atoms with van der Waals surface area (Å²) in [6.07, 6.45) is 0.935. The first-order valence-corrected chi connectivity index (χ1v) is 10.5. The van der Waals surface area contributed by atoms with E-state index < -0.39 is 0 Å². The van der Waals surface area contributed by atoms with Gasteiger partial charge in [0.25, 0.3) is 0 Å². The lowest BCUT2D eigenvalue weighted by atomic mass is 10.2. The molecule has 0 aliphatic carbocycles. The molecule has 0 N–H and O–H groups in total. The molecule has 0 bridgehead atoms. The fourth-order valence-electron chi connectivity index (χ4n) is 1.99. The molecule has 0 atom stereocenters. The molecule has 0 aliphatic rings. The number of hydrogen-bond acceptors (Lipinski definition) is 1. The lowest BCUT2D eigenvalue weighted by molar-refractivity contribution is 0.479. The predicted octanol–water partition coefficient (Wildman–Crippen LogP) is 9.35. The summed E-state index contributed by atoms with van der Waals surface area (Å²) in [4.78, 5) is 0. The highest BCUT2D eigenvalue weighted by atomic mass is 79.9. The molecule has 0 saturated heterocycles. The van der Waals surface area contributed by atoms with Gasteiger partial charge < -0.3 is 4.74 Å². The maximum absolute atomic E-state index is 12.4. The standard InChI is InChI=1S/C14H11BrCl2O.C6H3BrClF/c1-2-9-3-6-12(17)14(7-9)18-13-8-10(16)4-5-11(13)15;7-5-2-1-4(8)3-6(5)9/h3-8H,2H2,1H3;1-3H. The molecular weight excluding hydrogens is 541 g/mol. The zero-order valence-corrected chi connectivity index (χ0v) is 19.5. The third-order valence-corrected chi connectivity index (χ3v) is 5.48. The molecule has 1 nitrogen and oxygen atoms in total. The summed E-state index contributed by atoms with van der Waals surface area (Å²) in [7, 11) is 0. The number of halogens is 6. The number of benzene rings is 3. The van der Waals surface area contributed by atoms with E-state index in [4.69, 9.17) is 39.5 Å². The molecule has 3 rings (SSSR count). The minimum atomic E-state index is -0.331. The Hall–Kier alpha value is -0.780. The van der Waals surface area contributed by atoms with Crippen LogP contribution in [0.2, 0.25) is 15.1 Å². The Bertz CT molecular complexity index is 935. The maximum Gasteiger partial charge on any atom is 0.146 e. The van der Waals surface area contributed by atoms with Crippen LogP contribution in [0.25, 0.3) is 0 Å². The van der Waals surface area contributed by atoms with Gasteiger partial charge in [-0.2, -0.15) is 0 Å². The molecule has 3 aromatic rings. The summed E-state index contributed by atoms with van der Waals surface area (Å²) in [5.41, 5.74) is 1.17. The van der Waals surface area contributed by atoms with E-state index in [0.717, 1.165) is 10.9 Å². The van der Waals surface area contributed by atoms with Gasteiger partial charge in [-0.25, -0.2) is 4.39 Å². The van der Waals surface area contributed by atoms with Gasteiger partial charge in [0.1, 0.15) is 17.3 Å². The molecule has 142 valence electrons. The summed E-state index contributed by atoms with van der Waals surface area (Å²) in [5.74, 6) is 0.958. The van der Waals surface area contributed by atoms with Gasteiger partial charge >= 0.3 is 0 Å². The lowest BCUT2D eigenvalue weighted by Gasteiger charge is -2.10. The quantitative estimate of drug-likeness (QED) is 0.293. The van der Waals surface area contributed by atoms with Gasteiger partial charge in [-0.05, 0) is 86.3 Å². The van der Waals surface area contributed by atoms with Gasteiger partial charge in [0.2, 0.25) is 0 Å². The van der Waals surface area contributed by atoms with Crippen molar-refractivity contribution in [2.24, 2.45) is 0 Å². The molecule has 0 aromatic heterocycles.